The molecule has 4 rings (SSSR count). The van der Waals surface area contributed by atoms with Crippen LogP contribution in [-0.2, 0) is 6.54 Å². The molecule has 3 aliphatic rings. The Bertz CT molecular complexity index is 562. The molecule has 0 unspecified atom stereocenters. The highest BCUT2D eigenvalue weighted by molar-refractivity contribution is 5.74. The fraction of sp³-hybridized carbons (Fsp3) is 0.778. The van der Waals surface area contributed by atoms with E-state index in [0.29, 0.717) is 6.04 Å². The lowest BCUT2D eigenvalue weighted by molar-refractivity contribution is 0.120. The van der Waals surface area contributed by atoms with Crippen LogP contribution in [0.15, 0.2) is 12.3 Å². The Labute approximate surface area is 144 Å². The van der Waals surface area contributed by atoms with Crippen molar-refractivity contribution in [3.63, 3.8) is 0 Å². The van der Waals surface area contributed by atoms with Gasteiger partial charge in [0, 0.05) is 45.5 Å². The number of hydrogen-bond acceptors (Lipinski definition) is 3. The number of carbonyl (C=O) groups is 1. The maximum Gasteiger partial charge on any atom is 0.317 e. The van der Waals surface area contributed by atoms with Crippen LogP contribution in [0.1, 0.15) is 50.3 Å². The summed E-state index contributed by atoms with van der Waals surface area (Å²) in [7, 11) is 0. The molecule has 2 amide bonds. The van der Waals surface area contributed by atoms with Crippen LogP contribution in [0.5, 0.6) is 0 Å². The van der Waals surface area contributed by atoms with E-state index < -0.39 is 0 Å². The highest BCUT2D eigenvalue weighted by Crippen LogP contribution is 2.30. The number of amides is 2. The van der Waals surface area contributed by atoms with Crippen molar-refractivity contribution in [3.05, 3.63) is 18.0 Å². The second-order valence-electron chi connectivity index (χ2n) is 7.63. The third-order valence-electron chi connectivity index (χ3n) is 5.84. The van der Waals surface area contributed by atoms with Crippen LogP contribution in [-0.4, -0.2) is 58.3 Å². The third kappa shape index (κ3) is 3.43. The molecule has 0 spiro atoms. The van der Waals surface area contributed by atoms with Crippen LogP contribution in [0.2, 0.25) is 0 Å². The van der Waals surface area contributed by atoms with E-state index in [1.807, 2.05) is 11.1 Å². The number of rotatable bonds is 5. The zero-order chi connectivity index (χ0) is 16.4. The number of aromatic nitrogens is 2. The van der Waals surface area contributed by atoms with Gasteiger partial charge >= 0.3 is 6.03 Å². The first-order valence-corrected chi connectivity index (χ1v) is 9.57. The van der Waals surface area contributed by atoms with Gasteiger partial charge in [-0.1, -0.05) is 6.42 Å². The molecule has 1 aromatic rings. The van der Waals surface area contributed by atoms with Crippen LogP contribution < -0.4 is 5.32 Å². The van der Waals surface area contributed by atoms with E-state index in [-0.39, 0.29) is 6.03 Å². The number of nitrogens with one attached hydrogen (secondary N) is 1. The molecule has 0 aromatic carbocycles. The summed E-state index contributed by atoms with van der Waals surface area (Å²) in [4.78, 5) is 16.6. The van der Waals surface area contributed by atoms with E-state index >= 15 is 0 Å². The van der Waals surface area contributed by atoms with E-state index in [4.69, 9.17) is 0 Å². The smallest absolute Gasteiger partial charge is 0.317 e. The van der Waals surface area contributed by atoms with Gasteiger partial charge in [0.25, 0.3) is 0 Å². The van der Waals surface area contributed by atoms with E-state index in [9.17, 15) is 4.79 Å². The summed E-state index contributed by atoms with van der Waals surface area (Å²) in [5, 5.41) is 7.63. The normalized spacial score (nSPS) is 24.7. The van der Waals surface area contributed by atoms with Crippen molar-refractivity contribution in [2.75, 3.05) is 32.7 Å². The molecule has 1 saturated carbocycles. The predicted molar refractivity (Wildman–Crippen MR) is 92.7 cm³/mol. The summed E-state index contributed by atoms with van der Waals surface area (Å²) in [5.41, 5.74) is 1.32. The summed E-state index contributed by atoms with van der Waals surface area (Å²) in [6.45, 7) is 5.86. The van der Waals surface area contributed by atoms with Gasteiger partial charge in [0.05, 0.1) is 11.7 Å². The minimum Gasteiger partial charge on any atom is -0.338 e. The Kier molecular flexibility index (Phi) is 4.74. The van der Waals surface area contributed by atoms with Crippen LogP contribution in [0.25, 0.3) is 0 Å². The maximum atomic E-state index is 12.1. The van der Waals surface area contributed by atoms with Gasteiger partial charge in [0.15, 0.2) is 0 Å². The summed E-state index contributed by atoms with van der Waals surface area (Å²) in [6, 6.07) is 2.63. The van der Waals surface area contributed by atoms with E-state index in [1.54, 1.807) is 0 Å². The molecule has 1 saturated heterocycles. The van der Waals surface area contributed by atoms with Crippen LogP contribution in [0.3, 0.4) is 0 Å². The molecule has 1 aliphatic carbocycles. The van der Waals surface area contributed by atoms with Crippen molar-refractivity contribution in [1.82, 2.24) is 24.9 Å². The molecular formula is C18H29N5O. The quantitative estimate of drug-likeness (QED) is 0.900. The monoisotopic (exact) mass is 331 g/mol. The van der Waals surface area contributed by atoms with Gasteiger partial charge in [-0.05, 0) is 44.1 Å². The summed E-state index contributed by atoms with van der Waals surface area (Å²) in [6.07, 6.45) is 9.35. The molecular weight excluding hydrogens is 302 g/mol. The van der Waals surface area contributed by atoms with Crippen molar-refractivity contribution in [2.45, 2.75) is 51.1 Å². The van der Waals surface area contributed by atoms with Gasteiger partial charge in [0.2, 0.25) is 0 Å². The third-order valence-corrected chi connectivity index (χ3v) is 5.84. The number of likely N-dealkylation sites (tertiary alicyclic amines) is 1. The second-order valence-corrected chi connectivity index (χ2v) is 7.63. The molecule has 2 aliphatic heterocycles. The summed E-state index contributed by atoms with van der Waals surface area (Å²) >= 11 is 0. The number of hydrogen-bond donors (Lipinski definition) is 1. The Hall–Kier alpha value is -1.56. The van der Waals surface area contributed by atoms with E-state index in [1.165, 1.54) is 31.5 Å². The molecule has 2 fully saturated rings. The molecule has 0 bridgehead atoms. The zero-order valence-corrected chi connectivity index (χ0v) is 14.5. The molecule has 3 heterocycles. The largest absolute Gasteiger partial charge is 0.338 e. The lowest BCUT2D eigenvalue weighted by Crippen LogP contribution is -2.43. The van der Waals surface area contributed by atoms with Gasteiger partial charge in [-0.3, -0.25) is 9.58 Å². The lowest BCUT2D eigenvalue weighted by Gasteiger charge is -2.38. The number of urea groups is 1. The first-order valence-electron chi connectivity index (χ1n) is 9.57. The number of fused-ring (bicyclic) bond motifs is 1. The van der Waals surface area contributed by atoms with Gasteiger partial charge in [0.1, 0.15) is 0 Å². The molecule has 1 aromatic heterocycles. The highest BCUT2D eigenvalue weighted by Gasteiger charge is 2.28. The van der Waals surface area contributed by atoms with Gasteiger partial charge in [-0.15, -0.1) is 0 Å². The van der Waals surface area contributed by atoms with Crippen molar-refractivity contribution in [3.8, 4) is 0 Å². The molecule has 0 radical (unpaired) electrons. The summed E-state index contributed by atoms with van der Waals surface area (Å²) in [5.74, 6) is 0.898. The van der Waals surface area contributed by atoms with Crippen molar-refractivity contribution in [1.29, 1.82) is 0 Å². The van der Waals surface area contributed by atoms with Crippen LogP contribution in [0, 0.1) is 5.92 Å². The Morgan fingerprint density at radius 3 is 2.83 bits per heavy atom. The first-order chi connectivity index (χ1) is 11.8. The average molecular weight is 331 g/mol. The minimum atomic E-state index is 0.107. The predicted octanol–water partition coefficient (Wildman–Crippen LogP) is 2.24. The van der Waals surface area contributed by atoms with Gasteiger partial charge in [-0.25, -0.2) is 4.79 Å². The van der Waals surface area contributed by atoms with E-state index in [0.717, 1.165) is 57.9 Å². The summed E-state index contributed by atoms with van der Waals surface area (Å²) < 4.78 is 2.18. The second kappa shape index (κ2) is 7.13. The standard InChI is InChI=1S/C18H29N5O/c24-18(22-10-1-2-11-22)19-8-6-16-13-21(12-15-4-3-5-15)14-17-7-9-20-23(16)17/h7,9,15-16H,1-6,8,10-14H2,(H,19,24)/t16-/m1/s1. The van der Waals surface area contributed by atoms with Gasteiger partial charge < -0.3 is 10.2 Å². The highest BCUT2D eigenvalue weighted by atomic mass is 16.2. The van der Waals surface area contributed by atoms with Crippen molar-refractivity contribution >= 4 is 6.03 Å². The fourth-order valence-corrected chi connectivity index (χ4v) is 4.24. The zero-order valence-electron chi connectivity index (χ0n) is 14.5. The Morgan fingerprint density at radius 1 is 1.25 bits per heavy atom. The topological polar surface area (TPSA) is 53.4 Å². The lowest BCUT2D eigenvalue weighted by atomic mass is 9.85. The van der Waals surface area contributed by atoms with Crippen molar-refractivity contribution < 1.29 is 4.79 Å². The molecule has 6 nitrogen and oxygen atoms in total. The SMILES string of the molecule is O=C(NCC[C@@H]1CN(CC2CCC2)Cc2ccnn21)N1CCCC1. The van der Waals surface area contributed by atoms with Crippen LogP contribution >= 0.6 is 0 Å². The van der Waals surface area contributed by atoms with Crippen molar-refractivity contribution in [2.24, 2.45) is 5.92 Å². The molecule has 1 N–H and O–H groups in total. The molecule has 6 heteroatoms. The minimum absolute atomic E-state index is 0.107. The maximum absolute atomic E-state index is 12.1. The molecule has 24 heavy (non-hydrogen) atoms. The molecule has 1 atom stereocenters. The van der Waals surface area contributed by atoms with E-state index in [2.05, 4.69) is 26.1 Å². The van der Waals surface area contributed by atoms with Crippen LogP contribution in [0.4, 0.5) is 4.79 Å². The fourth-order valence-electron chi connectivity index (χ4n) is 4.24. The first kappa shape index (κ1) is 15.9. The molecule has 132 valence electrons. The number of carbonyl (C=O) groups excluding carboxylic acids is 1. The Balaban J connectivity index is 1.30. The number of nitrogens with zero attached hydrogens (tertiary/aromatic N) is 4. The average Bonchev–Trinajstić information content (AvgIpc) is 3.22. The van der Waals surface area contributed by atoms with Gasteiger partial charge in [-0.2, -0.15) is 5.10 Å². The Morgan fingerprint density at radius 2 is 2.08 bits per heavy atom.